The van der Waals surface area contributed by atoms with E-state index >= 15 is 0 Å². The lowest BCUT2D eigenvalue weighted by molar-refractivity contribution is -0.107. The largest absolute Gasteiger partial charge is 0.370 e. The van der Waals surface area contributed by atoms with E-state index in [1.54, 1.807) is 19.4 Å². The Bertz CT molecular complexity index is 1640. The molecule has 9 heteroatoms. The molecule has 0 bridgehead atoms. The fourth-order valence-electron chi connectivity index (χ4n) is 4.58. The molecule has 1 amide bonds. The summed E-state index contributed by atoms with van der Waals surface area (Å²) < 4.78 is 0. The quantitative estimate of drug-likeness (QED) is 0.230. The van der Waals surface area contributed by atoms with E-state index in [0.717, 1.165) is 57.3 Å². The number of amides is 1. The van der Waals surface area contributed by atoms with Crippen molar-refractivity contribution in [1.29, 1.82) is 0 Å². The smallest absolute Gasteiger partial charge is 0.229 e. The van der Waals surface area contributed by atoms with E-state index in [-0.39, 0.29) is 0 Å². The number of nitrogens with one attached hydrogen (secondary N) is 2. The van der Waals surface area contributed by atoms with Gasteiger partial charge in [-0.3, -0.25) is 9.78 Å². The van der Waals surface area contributed by atoms with Crippen molar-refractivity contribution in [1.82, 2.24) is 24.9 Å². The Labute approximate surface area is 234 Å². The van der Waals surface area contributed by atoms with Gasteiger partial charge in [-0.1, -0.05) is 36.4 Å². The Balaban J connectivity index is 1.40. The van der Waals surface area contributed by atoms with Crippen molar-refractivity contribution < 1.29 is 4.79 Å². The fraction of sp³-hybridized carbons (Fsp3) is 0.194. The lowest BCUT2D eigenvalue weighted by Gasteiger charge is -2.24. The van der Waals surface area contributed by atoms with E-state index in [2.05, 4.69) is 79.3 Å². The van der Waals surface area contributed by atoms with Gasteiger partial charge < -0.3 is 20.1 Å². The highest BCUT2D eigenvalue weighted by Gasteiger charge is 2.16. The van der Waals surface area contributed by atoms with Gasteiger partial charge in [0.05, 0.1) is 23.8 Å². The number of carbonyl (C=O) groups excluding carboxylic acids is 1. The number of nitrogens with zero attached hydrogens (tertiary/aromatic N) is 6. The molecule has 0 saturated carbocycles. The number of pyridine rings is 1. The molecule has 0 fully saturated rings. The maximum absolute atomic E-state index is 11.7. The van der Waals surface area contributed by atoms with Gasteiger partial charge in [0.25, 0.3) is 0 Å². The van der Waals surface area contributed by atoms with Crippen molar-refractivity contribution >= 4 is 29.6 Å². The summed E-state index contributed by atoms with van der Waals surface area (Å²) in [5.74, 6) is 1.72. The molecule has 3 aromatic heterocycles. The molecule has 202 valence electrons. The molecular formula is C31H32N8O. The molecule has 0 aliphatic heterocycles. The van der Waals surface area contributed by atoms with E-state index < -0.39 is 0 Å². The zero-order chi connectivity index (χ0) is 28.2. The Morgan fingerprint density at radius 1 is 0.900 bits per heavy atom. The summed E-state index contributed by atoms with van der Waals surface area (Å²) in [5.41, 5.74) is 8.96. The zero-order valence-electron chi connectivity index (χ0n) is 23.3. The van der Waals surface area contributed by atoms with Crippen LogP contribution in [0.15, 0.2) is 73.2 Å². The van der Waals surface area contributed by atoms with Crippen molar-refractivity contribution in [3.8, 4) is 22.6 Å². The number of aryl methyl sites for hydroxylation is 3. The number of rotatable bonds is 9. The van der Waals surface area contributed by atoms with Crippen molar-refractivity contribution in [2.45, 2.75) is 27.3 Å². The normalized spacial score (nSPS) is 10.8. The van der Waals surface area contributed by atoms with Gasteiger partial charge in [-0.05, 0) is 50.1 Å². The first-order valence-corrected chi connectivity index (χ1v) is 13.0. The SMILES string of the molecule is Cc1ccc(Nc2ncc(CN(C)c3cc(-c4ncc(-c5ccccc5C)[nH]4)ccc3C)c(N(C)C=O)n2)cn1. The van der Waals surface area contributed by atoms with Crippen molar-refractivity contribution in [3.63, 3.8) is 0 Å². The number of aromatic amines is 1. The third-order valence-electron chi connectivity index (χ3n) is 6.81. The summed E-state index contributed by atoms with van der Waals surface area (Å²) in [6.45, 7) is 6.60. The average molecular weight is 533 g/mol. The molecule has 0 spiro atoms. The van der Waals surface area contributed by atoms with Crippen LogP contribution >= 0.6 is 0 Å². The topological polar surface area (TPSA) is 103 Å². The molecule has 0 radical (unpaired) electrons. The molecule has 0 aliphatic carbocycles. The number of H-pyrrole nitrogens is 1. The predicted octanol–water partition coefficient (Wildman–Crippen LogP) is 5.83. The second kappa shape index (κ2) is 11.4. The highest BCUT2D eigenvalue weighted by Crippen LogP contribution is 2.30. The highest BCUT2D eigenvalue weighted by atomic mass is 16.1. The van der Waals surface area contributed by atoms with Gasteiger partial charge in [-0.2, -0.15) is 4.98 Å². The van der Waals surface area contributed by atoms with E-state index in [1.807, 2.05) is 44.4 Å². The van der Waals surface area contributed by atoms with Crippen LogP contribution in [0.1, 0.15) is 22.4 Å². The number of hydrogen-bond acceptors (Lipinski definition) is 7. The summed E-state index contributed by atoms with van der Waals surface area (Å²) in [5, 5.41) is 3.16. The second-order valence-corrected chi connectivity index (χ2v) is 9.89. The molecule has 2 N–H and O–H groups in total. The highest BCUT2D eigenvalue weighted by molar-refractivity contribution is 5.75. The molecule has 5 rings (SSSR count). The number of carbonyl (C=O) groups is 1. The summed E-state index contributed by atoms with van der Waals surface area (Å²) in [7, 11) is 3.70. The first-order valence-electron chi connectivity index (χ1n) is 13.0. The summed E-state index contributed by atoms with van der Waals surface area (Å²) in [4.78, 5) is 36.9. The van der Waals surface area contributed by atoms with Gasteiger partial charge in [0, 0.05) is 54.9 Å². The first kappa shape index (κ1) is 26.6. The Morgan fingerprint density at radius 2 is 1.73 bits per heavy atom. The van der Waals surface area contributed by atoms with Crippen LogP contribution in [-0.2, 0) is 11.3 Å². The maximum Gasteiger partial charge on any atom is 0.229 e. The monoisotopic (exact) mass is 532 g/mol. The van der Waals surface area contributed by atoms with Crippen LogP contribution in [0.25, 0.3) is 22.6 Å². The van der Waals surface area contributed by atoms with Crippen molar-refractivity contribution in [2.75, 3.05) is 29.2 Å². The van der Waals surface area contributed by atoms with Gasteiger partial charge in [0.2, 0.25) is 12.4 Å². The molecule has 0 unspecified atom stereocenters. The van der Waals surface area contributed by atoms with Gasteiger partial charge in [-0.25, -0.2) is 9.97 Å². The molecule has 0 aliphatic rings. The number of imidazole rings is 1. The second-order valence-electron chi connectivity index (χ2n) is 9.89. The molecule has 0 atom stereocenters. The zero-order valence-corrected chi connectivity index (χ0v) is 23.3. The number of benzene rings is 2. The Hall–Kier alpha value is -5.05. The average Bonchev–Trinajstić information content (AvgIpc) is 3.45. The van der Waals surface area contributed by atoms with Gasteiger partial charge in [-0.15, -0.1) is 0 Å². The van der Waals surface area contributed by atoms with Crippen LogP contribution in [0.4, 0.5) is 23.1 Å². The molecule has 40 heavy (non-hydrogen) atoms. The minimum Gasteiger partial charge on any atom is -0.370 e. The summed E-state index contributed by atoms with van der Waals surface area (Å²) in [6, 6.07) is 18.4. The molecule has 2 aromatic carbocycles. The van der Waals surface area contributed by atoms with Gasteiger partial charge in [0.15, 0.2) is 0 Å². The molecule has 5 aromatic rings. The standard InChI is InChI=1S/C31H32N8O/c1-20-8-6-7-9-26(20)27-17-33-29(36-27)23-12-10-21(2)28(14-23)38(4)18-24-15-34-31(37-30(24)39(5)19-40)35-25-13-11-22(3)32-16-25/h6-17,19H,18H2,1-5H3,(H,33,36)(H,34,35,37). The Morgan fingerprint density at radius 3 is 2.48 bits per heavy atom. The first-order chi connectivity index (χ1) is 19.3. The van der Waals surface area contributed by atoms with E-state index in [1.165, 1.54) is 10.5 Å². The molecule has 0 saturated heterocycles. The predicted molar refractivity (Wildman–Crippen MR) is 160 cm³/mol. The lowest BCUT2D eigenvalue weighted by atomic mass is 10.1. The van der Waals surface area contributed by atoms with Gasteiger partial charge >= 0.3 is 0 Å². The van der Waals surface area contributed by atoms with Crippen LogP contribution in [0.3, 0.4) is 0 Å². The van der Waals surface area contributed by atoms with E-state index in [9.17, 15) is 4.79 Å². The fourth-order valence-corrected chi connectivity index (χ4v) is 4.58. The lowest BCUT2D eigenvalue weighted by Crippen LogP contribution is -2.23. The van der Waals surface area contributed by atoms with E-state index in [0.29, 0.717) is 18.3 Å². The number of anilines is 4. The van der Waals surface area contributed by atoms with Crippen LogP contribution in [-0.4, -0.2) is 45.4 Å². The summed E-state index contributed by atoms with van der Waals surface area (Å²) in [6.07, 6.45) is 6.10. The van der Waals surface area contributed by atoms with E-state index in [4.69, 9.17) is 0 Å². The number of aromatic nitrogens is 5. The molecule has 3 heterocycles. The summed E-state index contributed by atoms with van der Waals surface area (Å²) >= 11 is 0. The number of hydrogen-bond donors (Lipinski definition) is 2. The van der Waals surface area contributed by atoms with Crippen LogP contribution in [0, 0.1) is 20.8 Å². The minimum atomic E-state index is 0.390. The van der Waals surface area contributed by atoms with Crippen LogP contribution in [0.2, 0.25) is 0 Å². The van der Waals surface area contributed by atoms with Crippen LogP contribution < -0.4 is 15.1 Å². The maximum atomic E-state index is 11.7. The van der Waals surface area contributed by atoms with Crippen molar-refractivity contribution in [3.05, 3.63) is 95.6 Å². The third kappa shape index (κ3) is 5.68. The third-order valence-corrected chi connectivity index (χ3v) is 6.81. The van der Waals surface area contributed by atoms with Crippen LogP contribution in [0.5, 0.6) is 0 Å². The van der Waals surface area contributed by atoms with Gasteiger partial charge in [0.1, 0.15) is 11.6 Å². The Kier molecular flexibility index (Phi) is 7.54. The minimum absolute atomic E-state index is 0.390. The van der Waals surface area contributed by atoms with Crippen molar-refractivity contribution in [2.24, 2.45) is 0 Å². The molecular weight excluding hydrogens is 500 g/mol. The molecule has 9 nitrogen and oxygen atoms in total.